The lowest BCUT2D eigenvalue weighted by Crippen LogP contribution is -2.42. The summed E-state index contributed by atoms with van der Waals surface area (Å²) < 4.78 is 13.8. The van der Waals surface area contributed by atoms with E-state index in [1.54, 1.807) is 12.3 Å². The van der Waals surface area contributed by atoms with Crippen molar-refractivity contribution in [3.63, 3.8) is 0 Å². The van der Waals surface area contributed by atoms with Gasteiger partial charge in [0, 0.05) is 45.0 Å². The fourth-order valence-corrected chi connectivity index (χ4v) is 3.94. The van der Waals surface area contributed by atoms with Gasteiger partial charge in [0.2, 0.25) is 5.91 Å². The maximum Gasteiger partial charge on any atom is 0.222 e. The molecule has 1 amide bonds. The van der Waals surface area contributed by atoms with Gasteiger partial charge >= 0.3 is 0 Å². The van der Waals surface area contributed by atoms with Crippen LogP contribution < -0.4 is 0 Å². The van der Waals surface area contributed by atoms with E-state index in [-0.39, 0.29) is 11.7 Å². The molecule has 2 aromatic rings. The van der Waals surface area contributed by atoms with Crippen molar-refractivity contribution in [3.8, 4) is 0 Å². The van der Waals surface area contributed by atoms with Gasteiger partial charge in [-0.05, 0) is 61.9 Å². The summed E-state index contributed by atoms with van der Waals surface area (Å²) in [5.74, 6) is 0.543. The third kappa shape index (κ3) is 6.13. The molecule has 3 rings (SSSR count). The second-order valence-corrected chi connectivity index (χ2v) is 7.75. The number of rotatable bonds is 8. The number of benzene rings is 1. The highest BCUT2D eigenvalue weighted by atomic mass is 19.1. The monoisotopic (exact) mass is 383 g/mol. The van der Waals surface area contributed by atoms with Crippen LogP contribution in [-0.4, -0.2) is 53.9 Å². The van der Waals surface area contributed by atoms with E-state index in [0.717, 1.165) is 56.7 Å². The molecular weight excluding hydrogens is 353 g/mol. The van der Waals surface area contributed by atoms with E-state index in [1.165, 1.54) is 6.07 Å². The van der Waals surface area contributed by atoms with E-state index >= 15 is 0 Å². The largest absolute Gasteiger partial charge is 0.345 e. The maximum atomic E-state index is 13.8. The minimum Gasteiger partial charge on any atom is -0.345 e. The molecule has 1 saturated heterocycles. The van der Waals surface area contributed by atoms with Crippen molar-refractivity contribution in [2.75, 3.05) is 33.2 Å². The molecule has 0 aliphatic carbocycles. The second kappa shape index (κ2) is 10.3. The predicted octanol–water partition coefficient (Wildman–Crippen LogP) is 3.57. The van der Waals surface area contributed by atoms with E-state index in [1.807, 2.05) is 42.3 Å². The van der Waals surface area contributed by atoms with Crippen molar-refractivity contribution in [2.24, 2.45) is 5.92 Å². The van der Waals surface area contributed by atoms with Gasteiger partial charge in [-0.25, -0.2) is 4.39 Å². The van der Waals surface area contributed by atoms with Crippen LogP contribution in [0.5, 0.6) is 0 Å². The van der Waals surface area contributed by atoms with Crippen LogP contribution >= 0.6 is 0 Å². The van der Waals surface area contributed by atoms with E-state index in [2.05, 4.69) is 9.88 Å². The van der Waals surface area contributed by atoms with E-state index < -0.39 is 0 Å². The fourth-order valence-electron chi connectivity index (χ4n) is 3.94. The average molecular weight is 384 g/mol. The van der Waals surface area contributed by atoms with Crippen molar-refractivity contribution < 1.29 is 9.18 Å². The topological polar surface area (TPSA) is 36.4 Å². The van der Waals surface area contributed by atoms with E-state index in [9.17, 15) is 9.18 Å². The van der Waals surface area contributed by atoms with Crippen LogP contribution in [0.25, 0.3) is 0 Å². The van der Waals surface area contributed by atoms with Gasteiger partial charge in [0.1, 0.15) is 5.82 Å². The highest BCUT2D eigenvalue weighted by Gasteiger charge is 2.22. The molecule has 1 aromatic heterocycles. The fraction of sp³-hybridized carbons (Fsp3) is 0.478. The van der Waals surface area contributed by atoms with Gasteiger partial charge in [0.25, 0.3) is 0 Å². The zero-order chi connectivity index (χ0) is 19.8. The van der Waals surface area contributed by atoms with Crippen molar-refractivity contribution >= 4 is 5.91 Å². The normalized spacial score (nSPS) is 17.4. The molecular formula is C23H30FN3O. The number of hydrogen-bond donors (Lipinski definition) is 0. The lowest BCUT2D eigenvalue weighted by Gasteiger charge is -2.34. The Morgan fingerprint density at radius 3 is 2.82 bits per heavy atom. The number of halogens is 1. The summed E-state index contributed by atoms with van der Waals surface area (Å²) in [5, 5.41) is 0. The number of pyridine rings is 1. The molecule has 0 unspecified atom stereocenters. The van der Waals surface area contributed by atoms with Gasteiger partial charge in [-0.15, -0.1) is 0 Å². The van der Waals surface area contributed by atoms with Crippen LogP contribution in [0.3, 0.4) is 0 Å². The Morgan fingerprint density at radius 1 is 1.21 bits per heavy atom. The van der Waals surface area contributed by atoms with Gasteiger partial charge in [-0.1, -0.05) is 24.3 Å². The molecule has 1 atom stereocenters. The molecule has 1 fully saturated rings. The molecule has 0 N–H and O–H groups in total. The number of hydrogen-bond acceptors (Lipinski definition) is 3. The molecule has 0 bridgehead atoms. The number of aromatic nitrogens is 1. The first-order chi connectivity index (χ1) is 13.6. The Labute approximate surface area is 167 Å². The first-order valence-corrected chi connectivity index (χ1v) is 10.2. The molecule has 1 aliphatic rings. The number of amides is 1. The van der Waals surface area contributed by atoms with Crippen molar-refractivity contribution in [3.05, 3.63) is 65.7 Å². The molecule has 1 aliphatic heterocycles. The van der Waals surface area contributed by atoms with Gasteiger partial charge in [0.15, 0.2) is 0 Å². The van der Waals surface area contributed by atoms with Crippen LogP contribution in [0, 0.1) is 11.7 Å². The summed E-state index contributed by atoms with van der Waals surface area (Å²) in [4.78, 5) is 21.0. The van der Waals surface area contributed by atoms with Gasteiger partial charge < -0.3 is 9.80 Å². The Hall–Kier alpha value is -2.27. The zero-order valence-corrected chi connectivity index (χ0v) is 16.7. The third-order valence-electron chi connectivity index (χ3n) is 5.54. The number of carbonyl (C=O) groups is 1. The highest BCUT2D eigenvalue weighted by Crippen LogP contribution is 2.19. The molecule has 1 aromatic carbocycles. The molecule has 28 heavy (non-hydrogen) atoms. The Balaban J connectivity index is 1.42. The highest BCUT2D eigenvalue weighted by molar-refractivity contribution is 5.76. The Kier molecular flexibility index (Phi) is 7.54. The number of carbonyl (C=O) groups excluding carboxylic acids is 1. The number of likely N-dealkylation sites (tertiary alicyclic amines) is 1. The van der Waals surface area contributed by atoms with Crippen LogP contribution in [0.2, 0.25) is 0 Å². The summed E-state index contributed by atoms with van der Waals surface area (Å²) in [6, 6.07) is 12.8. The second-order valence-electron chi connectivity index (χ2n) is 7.75. The number of piperidine rings is 1. The van der Waals surface area contributed by atoms with Gasteiger partial charge in [-0.2, -0.15) is 0 Å². The maximum absolute atomic E-state index is 13.8. The molecule has 0 radical (unpaired) electrons. The smallest absolute Gasteiger partial charge is 0.222 e. The predicted molar refractivity (Wildman–Crippen MR) is 109 cm³/mol. The SMILES string of the molecule is CN(C[C@@H]1CCCN(CCc2ccccc2F)C1)C(=O)CCc1ccccn1. The molecule has 0 spiro atoms. The molecule has 2 heterocycles. The van der Waals surface area contributed by atoms with Crippen LogP contribution in [0.1, 0.15) is 30.5 Å². The molecule has 4 nitrogen and oxygen atoms in total. The number of aryl methyl sites for hydroxylation is 1. The lowest BCUT2D eigenvalue weighted by molar-refractivity contribution is -0.130. The van der Waals surface area contributed by atoms with Crippen LogP contribution in [-0.2, 0) is 17.6 Å². The summed E-state index contributed by atoms with van der Waals surface area (Å²) >= 11 is 0. The van der Waals surface area contributed by atoms with Gasteiger partial charge in [0.05, 0.1) is 0 Å². The Morgan fingerprint density at radius 2 is 2.04 bits per heavy atom. The van der Waals surface area contributed by atoms with Gasteiger partial charge in [-0.3, -0.25) is 9.78 Å². The summed E-state index contributed by atoms with van der Waals surface area (Å²) in [6.07, 6.45) is 5.96. The third-order valence-corrected chi connectivity index (χ3v) is 5.54. The first kappa shape index (κ1) is 20.5. The molecule has 0 saturated carbocycles. The van der Waals surface area contributed by atoms with Crippen LogP contribution in [0.4, 0.5) is 4.39 Å². The van der Waals surface area contributed by atoms with Crippen molar-refractivity contribution in [1.82, 2.24) is 14.8 Å². The Bertz CT molecular complexity index is 753. The summed E-state index contributed by atoms with van der Waals surface area (Å²) in [5.41, 5.74) is 1.74. The summed E-state index contributed by atoms with van der Waals surface area (Å²) in [7, 11) is 1.90. The average Bonchev–Trinajstić information content (AvgIpc) is 2.72. The zero-order valence-electron chi connectivity index (χ0n) is 16.7. The van der Waals surface area contributed by atoms with E-state index in [4.69, 9.17) is 0 Å². The molecule has 5 heteroatoms. The van der Waals surface area contributed by atoms with E-state index in [0.29, 0.717) is 18.8 Å². The number of nitrogens with zero attached hydrogens (tertiary/aromatic N) is 3. The minimum atomic E-state index is -0.116. The standard InChI is InChI=1S/C23H30FN3O/c1-26(23(28)12-11-21-9-4-5-14-25-21)17-19-7-6-15-27(18-19)16-13-20-8-2-3-10-22(20)24/h2-5,8-10,14,19H,6-7,11-13,15-18H2,1H3/t19-/m0/s1. The molecule has 150 valence electrons. The quantitative estimate of drug-likeness (QED) is 0.699. The summed E-state index contributed by atoms with van der Waals surface area (Å²) in [6.45, 7) is 3.70. The lowest BCUT2D eigenvalue weighted by atomic mass is 9.97. The van der Waals surface area contributed by atoms with Crippen molar-refractivity contribution in [2.45, 2.75) is 32.1 Å². The van der Waals surface area contributed by atoms with Crippen LogP contribution in [0.15, 0.2) is 48.7 Å². The van der Waals surface area contributed by atoms with Crippen molar-refractivity contribution in [1.29, 1.82) is 0 Å². The first-order valence-electron chi connectivity index (χ1n) is 10.2. The minimum absolute atomic E-state index is 0.116.